The molecule has 1 aromatic heterocycles. The van der Waals surface area contributed by atoms with E-state index in [0.717, 1.165) is 16.8 Å². The second kappa shape index (κ2) is 7.06. The largest absolute Gasteiger partial charge is 0.478 e. The Kier molecular flexibility index (Phi) is 4.59. The van der Waals surface area contributed by atoms with E-state index >= 15 is 0 Å². The van der Waals surface area contributed by atoms with Crippen LogP contribution in [-0.2, 0) is 11.2 Å². The minimum absolute atomic E-state index is 0.0891. The van der Waals surface area contributed by atoms with E-state index < -0.39 is 12.0 Å². The molecule has 0 fully saturated rings. The lowest BCUT2D eigenvalue weighted by atomic mass is 10.0. The fraction of sp³-hybridized carbons (Fsp3) is 0.100. The van der Waals surface area contributed by atoms with E-state index in [4.69, 9.17) is 11.6 Å². The summed E-state index contributed by atoms with van der Waals surface area (Å²) in [7, 11) is 0. The van der Waals surface area contributed by atoms with Gasteiger partial charge >= 0.3 is 5.97 Å². The van der Waals surface area contributed by atoms with Gasteiger partial charge in [-0.2, -0.15) is 0 Å². The van der Waals surface area contributed by atoms with Crippen LogP contribution >= 0.6 is 22.9 Å². The highest BCUT2D eigenvalue weighted by Crippen LogP contribution is 2.36. The van der Waals surface area contributed by atoms with Crippen LogP contribution in [0.15, 0.2) is 53.9 Å². The summed E-state index contributed by atoms with van der Waals surface area (Å²) in [6.45, 7) is 0. The minimum atomic E-state index is -1.08. The molecular weight excluding hydrogens is 384 g/mol. The van der Waals surface area contributed by atoms with E-state index in [1.165, 1.54) is 11.3 Å². The van der Waals surface area contributed by atoms with Crippen molar-refractivity contribution in [2.24, 2.45) is 0 Å². The molecule has 136 valence electrons. The Labute approximate surface area is 164 Å². The van der Waals surface area contributed by atoms with Gasteiger partial charge in [-0.15, -0.1) is 11.3 Å². The summed E-state index contributed by atoms with van der Waals surface area (Å²) in [5, 5.41) is 18.3. The summed E-state index contributed by atoms with van der Waals surface area (Å²) in [4.78, 5) is 24.5. The molecule has 1 aliphatic rings. The quantitative estimate of drug-likeness (QED) is 0.593. The molecule has 0 aliphatic carbocycles. The summed E-state index contributed by atoms with van der Waals surface area (Å²) >= 11 is 7.11. The van der Waals surface area contributed by atoms with Gasteiger partial charge in [0.2, 0.25) is 5.91 Å². The monoisotopic (exact) mass is 398 g/mol. The number of hydrogen-bond acceptors (Lipinski definition) is 4. The molecule has 0 spiro atoms. The molecule has 0 saturated carbocycles. The van der Waals surface area contributed by atoms with Gasteiger partial charge in [0.1, 0.15) is 16.6 Å². The molecule has 1 amide bonds. The molecule has 2 heterocycles. The Morgan fingerprint density at radius 2 is 1.89 bits per heavy atom. The number of para-hydroxylation sites is 1. The third-order valence-corrected chi connectivity index (χ3v) is 5.63. The first-order chi connectivity index (χ1) is 13.0. The van der Waals surface area contributed by atoms with Gasteiger partial charge in [-0.25, -0.2) is 4.79 Å². The number of aromatic carboxylic acids is 1. The number of hydrogen-bond donors (Lipinski definition) is 3. The van der Waals surface area contributed by atoms with Crippen LogP contribution in [-0.4, -0.2) is 23.0 Å². The predicted octanol–water partition coefficient (Wildman–Crippen LogP) is 4.74. The zero-order chi connectivity index (χ0) is 19.0. The Bertz CT molecular complexity index is 1000. The van der Waals surface area contributed by atoms with E-state index in [1.54, 1.807) is 29.6 Å². The molecule has 0 radical (unpaired) electrons. The van der Waals surface area contributed by atoms with Crippen molar-refractivity contribution in [3.05, 3.63) is 70.1 Å². The Balaban J connectivity index is 1.58. The van der Waals surface area contributed by atoms with Crippen molar-refractivity contribution >= 4 is 45.5 Å². The Morgan fingerprint density at radius 3 is 2.59 bits per heavy atom. The van der Waals surface area contributed by atoms with Gasteiger partial charge in [-0.1, -0.05) is 41.9 Å². The molecule has 0 saturated heterocycles. The summed E-state index contributed by atoms with van der Waals surface area (Å²) < 4.78 is 0. The highest BCUT2D eigenvalue weighted by Gasteiger charge is 2.28. The van der Waals surface area contributed by atoms with Crippen LogP contribution in [0.2, 0.25) is 5.02 Å². The zero-order valence-electron chi connectivity index (χ0n) is 14.0. The minimum Gasteiger partial charge on any atom is -0.478 e. The molecule has 0 bridgehead atoms. The first kappa shape index (κ1) is 17.6. The van der Waals surface area contributed by atoms with Gasteiger partial charge in [0.15, 0.2) is 0 Å². The fourth-order valence-electron chi connectivity index (χ4n) is 3.16. The summed E-state index contributed by atoms with van der Waals surface area (Å²) in [5.41, 5.74) is 3.39. The SMILES string of the molecule is O=C(O)c1c(-c2ccc(Cl)cc2)csc1NC(=O)C1Cc2ccccc2N1. The first-order valence-corrected chi connectivity index (χ1v) is 9.54. The zero-order valence-corrected chi connectivity index (χ0v) is 15.6. The van der Waals surface area contributed by atoms with Crippen LogP contribution in [0.25, 0.3) is 11.1 Å². The van der Waals surface area contributed by atoms with Crippen molar-refractivity contribution in [1.29, 1.82) is 0 Å². The van der Waals surface area contributed by atoms with Gasteiger partial charge in [-0.05, 0) is 29.3 Å². The first-order valence-electron chi connectivity index (χ1n) is 8.29. The molecule has 1 atom stereocenters. The van der Waals surface area contributed by atoms with E-state index in [0.29, 0.717) is 22.0 Å². The summed E-state index contributed by atoms with van der Waals surface area (Å²) in [6, 6.07) is 14.3. The van der Waals surface area contributed by atoms with Crippen molar-refractivity contribution < 1.29 is 14.7 Å². The number of benzene rings is 2. The molecule has 5 nitrogen and oxygen atoms in total. The van der Waals surface area contributed by atoms with Crippen molar-refractivity contribution in [3.63, 3.8) is 0 Å². The lowest BCUT2D eigenvalue weighted by Gasteiger charge is -2.12. The van der Waals surface area contributed by atoms with Gasteiger partial charge < -0.3 is 15.7 Å². The third kappa shape index (κ3) is 3.41. The lowest BCUT2D eigenvalue weighted by Crippen LogP contribution is -2.32. The van der Waals surface area contributed by atoms with Crippen molar-refractivity contribution in [1.82, 2.24) is 0 Å². The van der Waals surface area contributed by atoms with E-state index in [9.17, 15) is 14.7 Å². The number of carbonyl (C=O) groups excluding carboxylic acids is 1. The predicted molar refractivity (Wildman–Crippen MR) is 108 cm³/mol. The molecule has 7 heteroatoms. The lowest BCUT2D eigenvalue weighted by molar-refractivity contribution is -0.116. The molecule has 27 heavy (non-hydrogen) atoms. The number of anilines is 2. The average Bonchev–Trinajstić information content (AvgIpc) is 3.26. The molecule has 1 unspecified atom stereocenters. The molecule has 2 aromatic carbocycles. The van der Waals surface area contributed by atoms with Crippen molar-refractivity contribution in [2.45, 2.75) is 12.5 Å². The number of carbonyl (C=O) groups is 2. The van der Waals surface area contributed by atoms with E-state index in [2.05, 4.69) is 10.6 Å². The number of amides is 1. The Morgan fingerprint density at radius 1 is 1.15 bits per heavy atom. The summed E-state index contributed by atoms with van der Waals surface area (Å²) in [6.07, 6.45) is 0.569. The summed E-state index contributed by atoms with van der Waals surface area (Å²) in [5.74, 6) is -1.34. The highest BCUT2D eigenvalue weighted by molar-refractivity contribution is 7.15. The number of thiophene rings is 1. The number of fused-ring (bicyclic) bond motifs is 1. The van der Waals surface area contributed by atoms with Crippen LogP contribution in [0.3, 0.4) is 0 Å². The van der Waals surface area contributed by atoms with Gasteiger partial charge in [-0.3, -0.25) is 4.79 Å². The average molecular weight is 399 g/mol. The maximum Gasteiger partial charge on any atom is 0.339 e. The number of carboxylic acids is 1. The molecule has 4 rings (SSSR count). The van der Waals surface area contributed by atoms with Crippen molar-refractivity contribution in [2.75, 3.05) is 10.6 Å². The van der Waals surface area contributed by atoms with Crippen LogP contribution in [0.1, 0.15) is 15.9 Å². The molecule has 3 N–H and O–H groups in total. The van der Waals surface area contributed by atoms with E-state index in [1.807, 2.05) is 24.3 Å². The van der Waals surface area contributed by atoms with Crippen LogP contribution in [0.5, 0.6) is 0 Å². The second-order valence-electron chi connectivity index (χ2n) is 6.21. The highest BCUT2D eigenvalue weighted by atomic mass is 35.5. The third-order valence-electron chi connectivity index (χ3n) is 4.48. The maximum atomic E-state index is 12.7. The number of nitrogens with one attached hydrogen (secondary N) is 2. The number of carboxylic acid groups (broad SMARTS) is 1. The maximum absolute atomic E-state index is 12.7. The number of halogens is 1. The number of rotatable bonds is 4. The van der Waals surface area contributed by atoms with Gasteiger partial charge in [0, 0.05) is 28.1 Å². The molecular formula is C20H15ClN2O3S. The Hall–Kier alpha value is -2.83. The van der Waals surface area contributed by atoms with E-state index in [-0.39, 0.29) is 11.5 Å². The van der Waals surface area contributed by atoms with Gasteiger partial charge in [0.05, 0.1) is 0 Å². The second-order valence-corrected chi connectivity index (χ2v) is 7.53. The molecule has 3 aromatic rings. The van der Waals surface area contributed by atoms with Crippen LogP contribution in [0.4, 0.5) is 10.7 Å². The molecule has 1 aliphatic heterocycles. The van der Waals surface area contributed by atoms with Crippen molar-refractivity contribution in [3.8, 4) is 11.1 Å². The topological polar surface area (TPSA) is 78.4 Å². The smallest absolute Gasteiger partial charge is 0.339 e. The van der Waals surface area contributed by atoms with Gasteiger partial charge in [0.25, 0.3) is 0 Å². The normalized spacial score (nSPS) is 15.1. The van der Waals surface area contributed by atoms with Crippen LogP contribution < -0.4 is 10.6 Å². The fourth-order valence-corrected chi connectivity index (χ4v) is 4.25. The standard InChI is InChI=1S/C20H15ClN2O3S/c21-13-7-5-11(6-8-13)14-10-27-19(17(14)20(25)26)23-18(24)16-9-12-3-1-2-4-15(12)22-16/h1-8,10,16,22H,9H2,(H,23,24)(H,25,26). The van der Waals surface area contributed by atoms with Crippen LogP contribution in [0, 0.1) is 0 Å².